The van der Waals surface area contributed by atoms with Gasteiger partial charge in [-0.15, -0.1) is 0 Å². The maximum atomic E-state index is 12.0. The molecule has 1 saturated heterocycles. The summed E-state index contributed by atoms with van der Waals surface area (Å²) in [5.41, 5.74) is 0.0249. The standard InChI is InChI=1S/C12H19N3O5S/c1-2-9-11(21(13,17)18)10(15-14-9)12(16)20-7-8-3-5-19-6-4-8/h8H,2-7H2,1H3,(H,14,15)(H2,13,17,18). The van der Waals surface area contributed by atoms with Gasteiger partial charge in [0, 0.05) is 13.2 Å². The first kappa shape index (κ1) is 15.9. The smallest absolute Gasteiger partial charge is 0.360 e. The minimum absolute atomic E-state index is 0.223. The molecule has 0 aliphatic carbocycles. The van der Waals surface area contributed by atoms with Gasteiger partial charge in [0.05, 0.1) is 12.3 Å². The molecule has 1 aliphatic heterocycles. The Bertz CT molecular complexity index is 604. The van der Waals surface area contributed by atoms with E-state index in [1.54, 1.807) is 6.92 Å². The van der Waals surface area contributed by atoms with Crippen LogP contribution in [0, 0.1) is 5.92 Å². The van der Waals surface area contributed by atoms with Crippen molar-refractivity contribution < 1.29 is 22.7 Å². The number of carbonyl (C=O) groups is 1. The van der Waals surface area contributed by atoms with Crippen LogP contribution in [0.3, 0.4) is 0 Å². The van der Waals surface area contributed by atoms with Crippen LogP contribution in [0.4, 0.5) is 0 Å². The first-order chi connectivity index (χ1) is 9.93. The number of carbonyl (C=O) groups excluding carboxylic acids is 1. The van der Waals surface area contributed by atoms with Crippen molar-refractivity contribution in [2.75, 3.05) is 19.8 Å². The summed E-state index contributed by atoms with van der Waals surface area (Å²) in [6.07, 6.45) is 2.00. The molecule has 0 saturated carbocycles. The molecule has 0 spiro atoms. The highest BCUT2D eigenvalue weighted by Crippen LogP contribution is 2.20. The Morgan fingerprint density at radius 2 is 2.14 bits per heavy atom. The summed E-state index contributed by atoms with van der Waals surface area (Å²) >= 11 is 0. The Hall–Kier alpha value is -1.45. The van der Waals surface area contributed by atoms with Gasteiger partial charge in [-0.3, -0.25) is 5.10 Å². The Balaban J connectivity index is 2.10. The monoisotopic (exact) mass is 317 g/mol. The predicted molar refractivity (Wildman–Crippen MR) is 73.2 cm³/mol. The molecule has 118 valence electrons. The van der Waals surface area contributed by atoms with E-state index < -0.39 is 16.0 Å². The van der Waals surface area contributed by atoms with Gasteiger partial charge in [0.25, 0.3) is 0 Å². The van der Waals surface area contributed by atoms with Gasteiger partial charge in [0.1, 0.15) is 4.90 Å². The van der Waals surface area contributed by atoms with Crippen LogP contribution < -0.4 is 5.14 Å². The molecule has 0 bridgehead atoms. The minimum atomic E-state index is -4.04. The van der Waals surface area contributed by atoms with Crippen molar-refractivity contribution in [2.45, 2.75) is 31.1 Å². The fraction of sp³-hybridized carbons (Fsp3) is 0.667. The maximum Gasteiger partial charge on any atom is 0.360 e. The zero-order chi connectivity index (χ0) is 15.5. The Morgan fingerprint density at radius 1 is 1.48 bits per heavy atom. The molecule has 3 N–H and O–H groups in total. The molecule has 9 heteroatoms. The maximum absolute atomic E-state index is 12.0. The fourth-order valence-corrected chi connectivity index (χ4v) is 3.16. The second-order valence-electron chi connectivity index (χ2n) is 4.93. The first-order valence-electron chi connectivity index (χ1n) is 6.78. The lowest BCUT2D eigenvalue weighted by Crippen LogP contribution is -2.23. The van der Waals surface area contributed by atoms with Crippen LogP contribution in [-0.4, -0.2) is 44.4 Å². The normalized spacial score (nSPS) is 16.9. The fourth-order valence-electron chi connectivity index (χ4n) is 2.23. The number of esters is 1. The van der Waals surface area contributed by atoms with Gasteiger partial charge in [-0.2, -0.15) is 5.10 Å². The van der Waals surface area contributed by atoms with E-state index in [0.29, 0.717) is 25.3 Å². The van der Waals surface area contributed by atoms with Crippen LogP contribution in [0.25, 0.3) is 0 Å². The number of sulfonamides is 1. The van der Waals surface area contributed by atoms with Crippen molar-refractivity contribution in [2.24, 2.45) is 11.1 Å². The summed E-state index contributed by atoms with van der Waals surface area (Å²) in [5.74, 6) is -0.549. The molecule has 0 atom stereocenters. The highest BCUT2D eigenvalue weighted by atomic mass is 32.2. The summed E-state index contributed by atoms with van der Waals surface area (Å²) < 4.78 is 33.6. The Labute approximate surface area is 123 Å². The first-order valence-corrected chi connectivity index (χ1v) is 8.33. The third kappa shape index (κ3) is 3.80. The third-order valence-electron chi connectivity index (χ3n) is 3.41. The van der Waals surface area contributed by atoms with Crippen LogP contribution in [0.5, 0.6) is 0 Å². The van der Waals surface area contributed by atoms with Crippen LogP contribution in [0.2, 0.25) is 0 Å². The molecular formula is C12H19N3O5S. The van der Waals surface area contributed by atoms with Crippen LogP contribution in [-0.2, 0) is 25.9 Å². The summed E-state index contributed by atoms with van der Waals surface area (Å²) in [7, 11) is -4.04. The number of primary sulfonamides is 1. The average Bonchev–Trinajstić information content (AvgIpc) is 2.90. The molecule has 1 aromatic rings. The molecule has 0 unspecified atom stereocenters. The molecule has 2 rings (SSSR count). The second-order valence-corrected chi connectivity index (χ2v) is 6.43. The molecule has 1 aliphatic rings. The average molecular weight is 317 g/mol. The molecule has 0 aromatic carbocycles. The number of rotatable bonds is 5. The molecular weight excluding hydrogens is 298 g/mol. The van der Waals surface area contributed by atoms with Crippen molar-refractivity contribution in [3.63, 3.8) is 0 Å². The Kier molecular flexibility index (Phi) is 4.96. The number of aryl methyl sites for hydroxylation is 1. The molecule has 21 heavy (non-hydrogen) atoms. The topological polar surface area (TPSA) is 124 Å². The highest BCUT2D eigenvalue weighted by Gasteiger charge is 2.28. The number of ether oxygens (including phenoxy) is 2. The number of aromatic amines is 1. The van der Waals surface area contributed by atoms with Gasteiger partial charge in [0.15, 0.2) is 5.69 Å². The van der Waals surface area contributed by atoms with E-state index in [4.69, 9.17) is 14.6 Å². The number of hydrogen-bond donors (Lipinski definition) is 2. The van der Waals surface area contributed by atoms with Crippen molar-refractivity contribution in [1.82, 2.24) is 10.2 Å². The zero-order valence-electron chi connectivity index (χ0n) is 11.8. The van der Waals surface area contributed by atoms with E-state index in [2.05, 4.69) is 10.2 Å². The summed E-state index contributed by atoms with van der Waals surface area (Å²) in [6, 6.07) is 0. The van der Waals surface area contributed by atoms with Gasteiger partial charge in [-0.05, 0) is 25.2 Å². The number of nitrogens with one attached hydrogen (secondary N) is 1. The third-order valence-corrected chi connectivity index (χ3v) is 4.42. The molecule has 8 nitrogen and oxygen atoms in total. The molecule has 2 heterocycles. The quantitative estimate of drug-likeness (QED) is 0.748. The van der Waals surface area contributed by atoms with E-state index in [-0.39, 0.29) is 23.1 Å². The molecule has 0 amide bonds. The van der Waals surface area contributed by atoms with Gasteiger partial charge in [0.2, 0.25) is 10.0 Å². The number of aromatic nitrogens is 2. The van der Waals surface area contributed by atoms with E-state index in [0.717, 1.165) is 12.8 Å². The Morgan fingerprint density at radius 3 is 2.71 bits per heavy atom. The van der Waals surface area contributed by atoms with Crippen LogP contribution in [0.15, 0.2) is 4.90 Å². The lowest BCUT2D eigenvalue weighted by atomic mass is 10.0. The predicted octanol–water partition coefficient (Wildman–Crippen LogP) is 0.203. The van der Waals surface area contributed by atoms with E-state index >= 15 is 0 Å². The van der Waals surface area contributed by atoms with Gasteiger partial charge < -0.3 is 9.47 Å². The summed E-state index contributed by atoms with van der Waals surface area (Å²) in [6.45, 7) is 3.25. The van der Waals surface area contributed by atoms with Crippen molar-refractivity contribution in [3.05, 3.63) is 11.4 Å². The second kappa shape index (κ2) is 6.54. The van der Waals surface area contributed by atoms with Crippen molar-refractivity contribution in [3.8, 4) is 0 Å². The SMILES string of the molecule is CCc1[nH]nc(C(=O)OCC2CCOCC2)c1S(N)(=O)=O. The number of hydrogen-bond acceptors (Lipinski definition) is 6. The van der Waals surface area contributed by atoms with E-state index in [9.17, 15) is 13.2 Å². The molecule has 0 radical (unpaired) electrons. The zero-order valence-corrected chi connectivity index (χ0v) is 12.6. The lowest BCUT2D eigenvalue weighted by Gasteiger charge is -2.21. The number of H-pyrrole nitrogens is 1. The van der Waals surface area contributed by atoms with E-state index in [1.807, 2.05) is 0 Å². The number of nitrogens with zero attached hydrogens (tertiary/aromatic N) is 1. The molecule has 1 aromatic heterocycles. The largest absolute Gasteiger partial charge is 0.461 e. The van der Waals surface area contributed by atoms with Crippen LogP contribution >= 0.6 is 0 Å². The van der Waals surface area contributed by atoms with Gasteiger partial charge >= 0.3 is 5.97 Å². The lowest BCUT2D eigenvalue weighted by molar-refractivity contribution is 0.0178. The van der Waals surface area contributed by atoms with E-state index in [1.165, 1.54) is 0 Å². The van der Waals surface area contributed by atoms with Gasteiger partial charge in [-0.1, -0.05) is 6.92 Å². The summed E-state index contributed by atoms with van der Waals surface area (Å²) in [5, 5.41) is 11.4. The highest BCUT2D eigenvalue weighted by molar-refractivity contribution is 7.89. The minimum Gasteiger partial charge on any atom is -0.461 e. The van der Waals surface area contributed by atoms with Gasteiger partial charge in [-0.25, -0.2) is 18.4 Å². The van der Waals surface area contributed by atoms with Crippen molar-refractivity contribution >= 4 is 16.0 Å². The number of nitrogens with two attached hydrogens (primary N) is 1. The molecule has 1 fully saturated rings. The summed E-state index contributed by atoms with van der Waals surface area (Å²) in [4.78, 5) is 11.8. The van der Waals surface area contributed by atoms with Crippen LogP contribution in [0.1, 0.15) is 35.9 Å². The van der Waals surface area contributed by atoms with Crippen molar-refractivity contribution in [1.29, 1.82) is 0 Å².